The number of rotatable bonds is 3. The van der Waals surface area contributed by atoms with Gasteiger partial charge in [-0.25, -0.2) is 4.79 Å². The van der Waals surface area contributed by atoms with Crippen molar-refractivity contribution in [1.82, 2.24) is 10.2 Å². The molecule has 5 nitrogen and oxygen atoms in total. The van der Waals surface area contributed by atoms with Crippen LogP contribution in [0.15, 0.2) is 12.1 Å². The highest BCUT2D eigenvalue weighted by Crippen LogP contribution is 2.30. The summed E-state index contributed by atoms with van der Waals surface area (Å²) in [6, 6.07) is 3.54. The van der Waals surface area contributed by atoms with Gasteiger partial charge in [-0.3, -0.25) is 0 Å². The Labute approximate surface area is 130 Å². The van der Waals surface area contributed by atoms with E-state index >= 15 is 0 Å². The summed E-state index contributed by atoms with van der Waals surface area (Å²) in [5.41, 5.74) is 1.52. The van der Waals surface area contributed by atoms with Gasteiger partial charge in [0, 0.05) is 17.1 Å². The topological polar surface area (TPSA) is 53.6 Å². The van der Waals surface area contributed by atoms with Crippen LogP contribution in [-0.4, -0.2) is 44.2 Å². The quantitative estimate of drug-likeness (QED) is 0.902. The molecule has 1 saturated heterocycles. The summed E-state index contributed by atoms with van der Waals surface area (Å²) < 4.78 is 5.25. The third-order valence-electron chi connectivity index (χ3n) is 3.78. The van der Waals surface area contributed by atoms with E-state index in [1.165, 1.54) is 0 Å². The molecule has 1 aromatic carbocycles. The second-order valence-corrected chi connectivity index (χ2v) is 5.88. The van der Waals surface area contributed by atoms with Crippen LogP contribution in [0.5, 0.6) is 5.75 Å². The molecule has 6 heteroatoms. The lowest BCUT2D eigenvalue weighted by atomic mass is 10.1. The second kappa shape index (κ2) is 7.00. The summed E-state index contributed by atoms with van der Waals surface area (Å²) in [4.78, 5) is 14.4. The Morgan fingerprint density at radius 2 is 2.05 bits per heavy atom. The zero-order chi connectivity index (χ0) is 15.4. The average Bonchev–Trinajstić information content (AvgIpc) is 2.45. The maximum absolute atomic E-state index is 12.1. The van der Waals surface area contributed by atoms with E-state index in [1.807, 2.05) is 13.0 Å². The number of ether oxygens (including phenoxy) is 1. The summed E-state index contributed by atoms with van der Waals surface area (Å²) >= 11 is 6.06. The molecule has 0 bridgehead atoms. The van der Waals surface area contributed by atoms with Crippen molar-refractivity contribution in [3.8, 4) is 5.75 Å². The lowest BCUT2D eigenvalue weighted by molar-refractivity contribution is 0.221. The molecule has 1 aliphatic heterocycles. The van der Waals surface area contributed by atoms with E-state index in [-0.39, 0.29) is 12.1 Å². The Kier molecular flexibility index (Phi) is 5.31. The van der Waals surface area contributed by atoms with Gasteiger partial charge >= 0.3 is 6.03 Å². The van der Waals surface area contributed by atoms with Crippen LogP contribution in [0, 0.1) is 6.92 Å². The Morgan fingerprint density at radius 1 is 1.38 bits per heavy atom. The molecule has 2 rings (SSSR count). The van der Waals surface area contributed by atoms with Crippen molar-refractivity contribution in [3.05, 3.63) is 22.7 Å². The summed E-state index contributed by atoms with van der Waals surface area (Å²) in [5.74, 6) is 0.559. The van der Waals surface area contributed by atoms with Crippen LogP contribution in [-0.2, 0) is 0 Å². The SMILES string of the molecule is COc1cc(Cl)c(C)cc1NC(=O)NC1CCN(C)CC1. The fourth-order valence-electron chi connectivity index (χ4n) is 2.43. The highest BCUT2D eigenvalue weighted by Gasteiger charge is 2.19. The van der Waals surface area contributed by atoms with E-state index in [0.29, 0.717) is 16.5 Å². The zero-order valence-electron chi connectivity index (χ0n) is 12.7. The van der Waals surface area contributed by atoms with E-state index in [2.05, 4.69) is 22.6 Å². The summed E-state index contributed by atoms with van der Waals surface area (Å²) in [6.45, 7) is 3.91. The summed E-state index contributed by atoms with van der Waals surface area (Å²) in [6.07, 6.45) is 1.95. The van der Waals surface area contributed by atoms with Gasteiger partial charge in [0.15, 0.2) is 0 Å². The van der Waals surface area contributed by atoms with Gasteiger partial charge in [-0.2, -0.15) is 0 Å². The number of benzene rings is 1. The normalized spacial score (nSPS) is 16.6. The van der Waals surface area contributed by atoms with Crippen molar-refractivity contribution in [2.75, 3.05) is 32.6 Å². The van der Waals surface area contributed by atoms with Crippen molar-refractivity contribution in [1.29, 1.82) is 0 Å². The Morgan fingerprint density at radius 3 is 2.67 bits per heavy atom. The standard InChI is InChI=1S/C15H22ClN3O2/c1-10-8-13(14(21-3)9-12(10)16)18-15(20)17-11-4-6-19(2)7-5-11/h8-9,11H,4-7H2,1-3H3,(H2,17,18,20). The number of carbonyl (C=O) groups excluding carboxylic acids is 1. The van der Waals surface area contributed by atoms with E-state index in [4.69, 9.17) is 16.3 Å². The molecule has 21 heavy (non-hydrogen) atoms. The van der Waals surface area contributed by atoms with Crippen molar-refractivity contribution in [2.24, 2.45) is 0 Å². The molecule has 0 saturated carbocycles. The highest BCUT2D eigenvalue weighted by atomic mass is 35.5. The molecule has 116 valence electrons. The van der Waals surface area contributed by atoms with Crippen LogP contribution < -0.4 is 15.4 Å². The highest BCUT2D eigenvalue weighted by molar-refractivity contribution is 6.31. The lowest BCUT2D eigenvalue weighted by Gasteiger charge is -2.29. The molecule has 1 aliphatic rings. The summed E-state index contributed by atoms with van der Waals surface area (Å²) in [5, 5.41) is 6.47. The first-order valence-corrected chi connectivity index (χ1v) is 7.47. The molecule has 1 aromatic rings. The maximum atomic E-state index is 12.1. The van der Waals surface area contributed by atoms with Crippen LogP contribution in [0.4, 0.5) is 10.5 Å². The molecule has 0 spiro atoms. The van der Waals surface area contributed by atoms with Crippen molar-refractivity contribution in [2.45, 2.75) is 25.8 Å². The molecule has 0 aliphatic carbocycles. The third-order valence-corrected chi connectivity index (χ3v) is 4.19. The van der Waals surface area contributed by atoms with Gasteiger partial charge in [-0.05, 0) is 51.5 Å². The largest absolute Gasteiger partial charge is 0.495 e. The number of amides is 2. The van der Waals surface area contributed by atoms with Crippen LogP contribution in [0.2, 0.25) is 5.02 Å². The lowest BCUT2D eigenvalue weighted by Crippen LogP contribution is -2.44. The number of hydrogen-bond acceptors (Lipinski definition) is 3. The third kappa shape index (κ3) is 4.25. The number of aryl methyl sites for hydroxylation is 1. The first-order valence-electron chi connectivity index (χ1n) is 7.10. The van der Waals surface area contributed by atoms with Gasteiger partial charge in [0.05, 0.1) is 12.8 Å². The van der Waals surface area contributed by atoms with Gasteiger partial charge in [0.25, 0.3) is 0 Å². The summed E-state index contributed by atoms with van der Waals surface area (Å²) in [7, 11) is 3.65. The number of anilines is 1. The number of piperidine rings is 1. The van der Waals surface area contributed by atoms with Gasteiger partial charge in [0.2, 0.25) is 0 Å². The van der Waals surface area contributed by atoms with Crippen LogP contribution in [0.25, 0.3) is 0 Å². The Hall–Kier alpha value is -1.46. The molecule has 0 radical (unpaired) electrons. The van der Waals surface area contributed by atoms with Crippen molar-refractivity contribution in [3.63, 3.8) is 0 Å². The fraction of sp³-hybridized carbons (Fsp3) is 0.533. The zero-order valence-corrected chi connectivity index (χ0v) is 13.5. The first kappa shape index (κ1) is 15.9. The van der Waals surface area contributed by atoms with Crippen molar-refractivity contribution < 1.29 is 9.53 Å². The number of hydrogen-bond donors (Lipinski definition) is 2. The molecule has 2 N–H and O–H groups in total. The first-order chi connectivity index (χ1) is 9.99. The number of nitrogens with zero attached hydrogens (tertiary/aromatic N) is 1. The van der Waals surface area contributed by atoms with E-state index < -0.39 is 0 Å². The monoisotopic (exact) mass is 311 g/mol. The van der Waals surface area contributed by atoms with Crippen LogP contribution >= 0.6 is 11.6 Å². The van der Waals surface area contributed by atoms with Gasteiger partial charge in [-0.15, -0.1) is 0 Å². The number of halogens is 1. The van der Waals surface area contributed by atoms with E-state index in [0.717, 1.165) is 31.5 Å². The number of urea groups is 1. The minimum absolute atomic E-state index is 0.204. The van der Waals surface area contributed by atoms with Crippen LogP contribution in [0.3, 0.4) is 0 Å². The minimum Gasteiger partial charge on any atom is -0.495 e. The Balaban J connectivity index is 1.98. The molecule has 0 atom stereocenters. The predicted octanol–water partition coefficient (Wildman–Crippen LogP) is 2.87. The number of methoxy groups -OCH3 is 1. The molecular weight excluding hydrogens is 290 g/mol. The molecule has 1 fully saturated rings. The number of nitrogens with one attached hydrogen (secondary N) is 2. The Bertz CT molecular complexity index is 514. The molecular formula is C15H22ClN3O2. The molecule has 2 amide bonds. The van der Waals surface area contributed by atoms with E-state index in [1.54, 1.807) is 13.2 Å². The average molecular weight is 312 g/mol. The van der Waals surface area contributed by atoms with Crippen molar-refractivity contribution >= 4 is 23.3 Å². The number of likely N-dealkylation sites (tertiary alicyclic amines) is 1. The minimum atomic E-state index is -0.204. The van der Waals surface area contributed by atoms with Gasteiger partial charge < -0.3 is 20.3 Å². The number of carbonyl (C=O) groups is 1. The molecule has 1 heterocycles. The van der Waals surface area contributed by atoms with Crippen LogP contribution in [0.1, 0.15) is 18.4 Å². The molecule has 0 aromatic heterocycles. The fourth-order valence-corrected chi connectivity index (χ4v) is 2.58. The maximum Gasteiger partial charge on any atom is 0.319 e. The van der Waals surface area contributed by atoms with E-state index in [9.17, 15) is 4.79 Å². The van der Waals surface area contributed by atoms with Gasteiger partial charge in [0.1, 0.15) is 5.75 Å². The predicted molar refractivity (Wildman–Crippen MR) is 85.4 cm³/mol. The smallest absolute Gasteiger partial charge is 0.319 e. The van der Waals surface area contributed by atoms with Gasteiger partial charge in [-0.1, -0.05) is 11.6 Å². The second-order valence-electron chi connectivity index (χ2n) is 5.48. The molecule has 0 unspecified atom stereocenters.